The van der Waals surface area contributed by atoms with Gasteiger partial charge in [0.1, 0.15) is 11.9 Å². The fourth-order valence-corrected chi connectivity index (χ4v) is 5.79. The normalized spacial score (nSPS) is 21.3. The lowest BCUT2D eigenvalue weighted by molar-refractivity contribution is 0.0948. The number of fused-ring (bicyclic) bond motifs is 2. The van der Waals surface area contributed by atoms with Crippen molar-refractivity contribution in [2.75, 3.05) is 25.0 Å². The van der Waals surface area contributed by atoms with Crippen molar-refractivity contribution in [3.63, 3.8) is 0 Å². The van der Waals surface area contributed by atoms with E-state index in [1.165, 1.54) is 28.2 Å². The van der Waals surface area contributed by atoms with Gasteiger partial charge in [-0.15, -0.1) is 0 Å². The van der Waals surface area contributed by atoms with Gasteiger partial charge in [-0.2, -0.15) is 0 Å². The Morgan fingerprint density at radius 2 is 1.86 bits per heavy atom. The summed E-state index contributed by atoms with van der Waals surface area (Å²) in [6.07, 6.45) is 4.84. The van der Waals surface area contributed by atoms with Crippen LogP contribution < -0.4 is 15.0 Å². The van der Waals surface area contributed by atoms with Gasteiger partial charge in [-0.3, -0.25) is 0 Å². The largest absolute Gasteiger partial charge is 0.489 e. The second-order valence-electron chi connectivity index (χ2n) is 7.91. The van der Waals surface area contributed by atoms with Crippen LogP contribution in [-0.4, -0.2) is 37.3 Å². The zero-order chi connectivity index (χ0) is 18.9. The zero-order valence-electron chi connectivity index (χ0n) is 16.3. The molecule has 2 aliphatic rings. The molecule has 1 aromatic heterocycles. The first kappa shape index (κ1) is 18.0. The summed E-state index contributed by atoms with van der Waals surface area (Å²) in [5.74, 6) is 1.72. The molecule has 28 heavy (non-hydrogen) atoms. The number of hydrogen-bond donors (Lipinski definition) is 1. The highest BCUT2D eigenvalue weighted by molar-refractivity contribution is 7.22. The van der Waals surface area contributed by atoms with Gasteiger partial charge in [-0.1, -0.05) is 41.7 Å². The van der Waals surface area contributed by atoms with Gasteiger partial charge >= 0.3 is 0 Å². The predicted molar refractivity (Wildman–Crippen MR) is 117 cm³/mol. The predicted octanol–water partition coefficient (Wildman–Crippen LogP) is 4.49. The molecule has 4 nitrogen and oxygen atoms in total. The van der Waals surface area contributed by atoms with Crippen LogP contribution in [0.15, 0.2) is 48.5 Å². The molecule has 0 radical (unpaired) electrons. The molecule has 1 saturated heterocycles. The van der Waals surface area contributed by atoms with E-state index in [9.17, 15) is 0 Å². The number of ether oxygens (including phenoxy) is 1. The van der Waals surface area contributed by atoms with Crippen LogP contribution in [0.2, 0.25) is 0 Å². The number of benzene rings is 2. The summed E-state index contributed by atoms with van der Waals surface area (Å²) in [6.45, 7) is 2.15. The van der Waals surface area contributed by atoms with Crippen LogP contribution in [0.5, 0.6) is 5.75 Å². The highest BCUT2D eigenvalue weighted by Gasteiger charge is 2.34. The van der Waals surface area contributed by atoms with E-state index in [1.54, 1.807) is 0 Å². The number of aromatic nitrogens is 1. The first-order valence-corrected chi connectivity index (χ1v) is 11.2. The van der Waals surface area contributed by atoms with E-state index < -0.39 is 0 Å². The number of nitrogens with zero attached hydrogens (tertiary/aromatic N) is 2. The van der Waals surface area contributed by atoms with Crippen molar-refractivity contribution in [3.05, 3.63) is 54.1 Å². The third-order valence-corrected chi connectivity index (χ3v) is 7.38. The molecule has 0 spiro atoms. The number of para-hydroxylation sites is 2. The molecule has 0 bridgehead atoms. The van der Waals surface area contributed by atoms with Crippen molar-refractivity contribution >= 4 is 26.7 Å². The summed E-state index contributed by atoms with van der Waals surface area (Å²) in [5, 5.41) is 4.76. The number of rotatable bonds is 4. The summed E-state index contributed by atoms with van der Waals surface area (Å²) in [6, 6.07) is 17.3. The first-order valence-electron chi connectivity index (χ1n) is 10.3. The van der Waals surface area contributed by atoms with Crippen LogP contribution in [0, 0.1) is 5.92 Å². The minimum absolute atomic E-state index is 0.263. The molecule has 3 aromatic rings. The maximum atomic E-state index is 6.40. The van der Waals surface area contributed by atoms with E-state index in [-0.39, 0.29) is 6.10 Å². The molecule has 3 heterocycles. The highest BCUT2D eigenvalue weighted by Crippen LogP contribution is 2.35. The number of thiazole rings is 1. The molecule has 2 unspecified atom stereocenters. The Labute approximate surface area is 170 Å². The molecule has 5 heteroatoms. The zero-order valence-corrected chi connectivity index (χ0v) is 17.1. The van der Waals surface area contributed by atoms with E-state index >= 15 is 0 Å². The Morgan fingerprint density at radius 1 is 1.07 bits per heavy atom. The van der Waals surface area contributed by atoms with Crippen molar-refractivity contribution < 1.29 is 4.74 Å². The number of nitrogens with one attached hydrogen (secondary N) is 1. The Kier molecular flexibility index (Phi) is 4.95. The minimum Gasteiger partial charge on any atom is -0.489 e. The van der Waals surface area contributed by atoms with Crippen molar-refractivity contribution in [1.29, 1.82) is 0 Å². The average molecular weight is 394 g/mol. The molecule has 0 amide bonds. The molecule has 2 aromatic carbocycles. The Balaban J connectivity index is 1.25. The molecule has 1 fully saturated rings. The van der Waals surface area contributed by atoms with Crippen molar-refractivity contribution in [1.82, 2.24) is 10.3 Å². The third kappa shape index (κ3) is 3.38. The van der Waals surface area contributed by atoms with Crippen LogP contribution in [0.3, 0.4) is 0 Å². The number of anilines is 1. The maximum Gasteiger partial charge on any atom is 0.186 e. The Hall–Kier alpha value is -2.11. The van der Waals surface area contributed by atoms with Crippen LogP contribution in [0.25, 0.3) is 10.2 Å². The average Bonchev–Trinajstić information content (AvgIpc) is 3.19. The molecule has 0 saturated carbocycles. The van der Waals surface area contributed by atoms with E-state index in [2.05, 4.69) is 65.8 Å². The fourth-order valence-electron chi connectivity index (χ4n) is 4.77. The van der Waals surface area contributed by atoms with Gasteiger partial charge in [-0.25, -0.2) is 4.98 Å². The van der Waals surface area contributed by atoms with Crippen molar-refractivity contribution in [2.24, 2.45) is 5.92 Å². The first-order chi connectivity index (χ1) is 13.8. The number of likely N-dealkylation sites (N-methyl/N-ethyl adjacent to an activating group) is 1. The molecular weight excluding hydrogens is 366 g/mol. The summed E-state index contributed by atoms with van der Waals surface area (Å²) < 4.78 is 7.68. The third-order valence-electron chi connectivity index (χ3n) is 6.28. The topological polar surface area (TPSA) is 37.4 Å². The van der Waals surface area contributed by atoms with Gasteiger partial charge in [0.15, 0.2) is 5.13 Å². The number of piperidine rings is 1. The Bertz CT molecular complexity index is 915. The van der Waals surface area contributed by atoms with Crippen LogP contribution in [0.1, 0.15) is 24.8 Å². The minimum atomic E-state index is 0.263. The smallest absolute Gasteiger partial charge is 0.186 e. The van der Waals surface area contributed by atoms with Gasteiger partial charge in [-0.05, 0) is 62.4 Å². The summed E-state index contributed by atoms with van der Waals surface area (Å²) >= 11 is 1.81. The van der Waals surface area contributed by atoms with E-state index in [0.717, 1.165) is 37.2 Å². The molecule has 146 valence electrons. The lowest BCUT2D eigenvalue weighted by Crippen LogP contribution is -2.51. The van der Waals surface area contributed by atoms with Crippen molar-refractivity contribution in [2.45, 2.75) is 37.8 Å². The molecular formula is C23H27N3OS. The molecule has 2 atom stereocenters. The molecule has 2 aliphatic heterocycles. The van der Waals surface area contributed by atoms with Crippen LogP contribution >= 0.6 is 11.3 Å². The van der Waals surface area contributed by atoms with Gasteiger partial charge < -0.3 is 15.0 Å². The second kappa shape index (κ2) is 7.72. The summed E-state index contributed by atoms with van der Waals surface area (Å²) in [7, 11) is 2.09. The Morgan fingerprint density at radius 3 is 2.68 bits per heavy atom. The fraction of sp³-hybridized carbons (Fsp3) is 0.435. The van der Waals surface area contributed by atoms with E-state index in [0.29, 0.717) is 12.0 Å². The van der Waals surface area contributed by atoms with Crippen molar-refractivity contribution in [3.8, 4) is 5.75 Å². The van der Waals surface area contributed by atoms with Gasteiger partial charge in [0.2, 0.25) is 0 Å². The lowest BCUT2D eigenvalue weighted by Gasteiger charge is -2.40. The lowest BCUT2D eigenvalue weighted by atomic mass is 9.84. The van der Waals surface area contributed by atoms with Gasteiger partial charge in [0.05, 0.1) is 10.2 Å². The highest BCUT2D eigenvalue weighted by atomic mass is 32.1. The maximum absolute atomic E-state index is 6.40. The quantitative estimate of drug-likeness (QED) is 0.708. The van der Waals surface area contributed by atoms with Gasteiger partial charge in [0, 0.05) is 19.1 Å². The van der Waals surface area contributed by atoms with Gasteiger partial charge in [0.25, 0.3) is 0 Å². The SMILES string of the molecule is CNC(C1CCN(c2nc3ccccc3s2)CC1)C1CCc2ccccc2O1. The van der Waals surface area contributed by atoms with E-state index in [4.69, 9.17) is 9.72 Å². The summed E-state index contributed by atoms with van der Waals surface area (Å²) in [4.78, 5) is 7.31. The molecule has 5 rings (SSSR count). The van der Waals surface area contributed by atoms with Crippen LogP contribution in [0.4, 0.5) is 5.13 Å². The molecule has 1 N–H and O–H groups in total. The van der Waals surface area contributed by atoms with E-state index in [1.807, 2.05) is 11.3 Å². The molecule has 0 aliphatic carbocycles. The standard InChI is InChI=1S/C23H27N3OS/c1-24-22(20-11-10-16-6-2-4-8-19(16)27-20)17-12-14-26(15-13-17)23-25-18-7-3-5-9-21(18)28-23/h2-9,17,20,22,24H,10-15H2,1H3. The number of hydrogen-bond acceptors (Lipinski definition) is 5. The van der Waals surface area contributed by atoms with Crippen LogP contribution in [-0.2, 0) is 6.42 Å². The summed E-state index contributed by atoms with van der Waals surface area (Å²) in [5.41, 5.74) is 2.46. The monoisotopic (exact) mass is 393 g/mol. The second-order valence-corrected chi connectivity index (χ2v) is 8.91. The number of aryl methyl sites for hydroxylation is 1.